The zero-order chi connectivity index (χ0) is 12.3. The molecule has 0 aliphatic heterocycles. The van der Waals surface area contributed by atoms with Gasteiger partial charge in [0.2, 0.25) is 0 Å². The molecule has 1 aliphatic carbocycles. The fourth-order valence-electron chi connectivity index (χ4n) is 2.44. The summed E-state index contributed by atoms with van der Waals surface area (Å²) in [7, 11) is 2.03. The zero-order valence-corrected chi connectivity index (χ0v) is 12.5. The highest BCUT2D eigenvalue weighted by Gasteiger charge is 2.23. The van der Waals surface area contributed by atoms with Crippen LogP contribution >= 0.6 is 27.3 Å². The summed E-state index contributed by atoms with van der Waals surface area (Å²) in [5.41, 5.74) is 1.28. The van der Waals surface area contributed by atoms with Crippen molar-refractivity contribution < 1.29 is 4.79 Å². The van der Waals surface area contributed by atoms with Crippen molar-refractivity contribution >= 4 is 33.0 Å². The maximum Gasteiger partial charge on any atom is 0.149 e. The van der Waals surface area contributed by atoms with Gasteiger partial charge in [-0.3, -0.25) is 9.69 Å². The number of rotatable bonds is 5. The van der Waals surface area contributed by atoms with Crippen LogP contribution < -0.4 is 0 Å². The first-order valence-electron chi connectivity index (χ1n) is 6.09. The Morgan fingerprint density at radius 1 is 1.53 bits per heavy atom. The van der Waals surface area contributed by atoms with Crippen LogP contribution in [-0.4, -0.2) is 24.3 Å². The van der Waals surface area contributed by atoms with E-state index in [0.717, 1.165) is 23.2 Å². The number of likely N-dealkylation sites (N-methyl/N-ethyl adjacent to an activating group) is 1. The fraction of sp³-hybridized carbons (Fsp3) is 0.615. The van der Waals surface area contributed by atoms with Gasteiger partial charge < -0.3 is 0 Å². The van der Waals surface area contributed by atoms with E-state index in [2.05, 4.69) is 32.3 Å². The first-order valence-corrected chi connectivity index (χ1v) is 7.76. The van der Waals surface area contributed by atoms with Gasteiger partial charge in [0.25, 0.3) is 0 Å². The van der Waals surface area contributed by atoms with Gasteiger partial charge >= 0.3 is 0 Å². The van der Waals surface area contributed by atoms with Crippen molar-refractivity contribution in [2.75, 3.05) is 13.6 Å². The van der Waals surface area contributed by atoms with Crippen molar-refractivity contribution in [3.8, 4) is 0 Å². The minimum Gasteiger partial charge on any atom is -0.298 e. The molecule has 0 radical (unpaired) electrons. The molecule has 0 bridgehead atoms. The van der Waals surface area contributed by atoms with Gasteiger partial charge in [-0.2, -0.15) is 0 Å². The molecule has 0 atom stereocenters. The van der Waals surface area contributed by atoms with Gasteiger partial charge in [-0.1, -0.05) is 12.8 Å². The summed E-state index contributed by atoms with van der Waals surface area (Å²) < 4.78 is 1.16. The Morgan fingerprint density at radius 2 is 2.24 bits per heavy atom. The second-order valence-corrected chi connectivity index (χ2v) is 7.17. The number of carbonyl (C=O) groups excluding carboxylic acids is 1. The van der Waals surface area contributed by atoms with Crippen molar-refractivity contribution in [3.05, 3.63) is 20.8 Å². The molecule has 0 amide bonds. The van der Waals surface area contributed by atoms with Crippen LogP contribution in [0.15, 0.2) is 15.2 Å². The van der Waals surface area contributed by atoms with Gasteiger partial charge in [0.1, 0.15) is 5.78 Å². The topological polar surface area (TPSA) is 20.3 Å². The van der Waals surface area contributed by atoms with E-state index in [1.54, 1.807) is 11.3 Å². The summed E-state index contributed by atoms with van der Waals surface area (Å²) in [6, 6.07) is 2.13. The molecule has 94 valence electrons. The van der Waals surface area contributed by atoms with Gasteiger partial charge in [0, 0.05) is 12.5 Å². The van der Waals surface area contributed by atoms with E-state index >= 15 is 0 Å². The van der Waals surface area contributed by atoms with E-state index in [-0.39, 0.29) is 0 Å². The minimum atomic E-state index is 0.340. The largest absolute Gasteiger partial charge is 0.298 e. The first kappa shape index (κ1) is 13.2. The normalized spacial score (nSPS) is 16.9. The van der Waals surface area contributed by atoms with Crippen molar-refractivity contribution in [2.24, 2.45) is 5.92 Å². The maximum absolute atomic E-state index is 12.0. The number of halogens is 1. The van der Waals surface area contributed by atoms with Crippen LogP contribution in [0, 0.1) is 5.92 Å². The lowest BCUT2D eigenvalue weighted by molar-refractivity contribution is -0.123. The number of hydrogen-bond acceptors (Lipinski definition) is 3. The molecule has 1 saturated carbocycles. The van der Waals surface area contributed by atoms with Gasteiger partial charge in [0.05, 0.1) is 10.3 Å². The maximum atomic E-state index is 12.0. The number of hydrogen-bond donors (Lipinski definition) is 0. The molecule has 17 heavy (non-hydrogen) atoms. The number of thiophene rings is 1. The Balaban J connectivity index is 1.80. The molecule has 0 N–H and O–H groups in total. The van der Waals surface area contributed by atoms with Crippen molar-refractivity contribution in [2.45, 2.75) is 32.2 Å². The highest BCUT2D eigenvalue weighted by Crippen LogP contribution is 2.26. The third-order valence-electron chi connectivity index (χ3n) is 3.31. The highest BCUT2D eigenvalue weighted by atomic mass is 79.9. The highest BCUT2D eigenvalue weighted by molar-refractivity contribution is 9.11. The summed E-state index contributed by atoms with van der Waals surface area (Å²) in [6.45, 7) is 1.46. The van der Waals surface area contributed by atoms with Crippen LogP contribution in [0.2, 0.25) is 0 Å². The van der Waals surface area contributed by atoms with E-state index < -0.39 is 0 Å². The van der Waals surface area contributed by atoms with Crippen molar-refractivity contribution in [3.63, 3.8) is 0 Å². The molecule has 0 unspecified atom stereocenters. The monoisotopic (exact) mass is 315 g/mol. The summed E-state index contributed by atoms with van der Waals surface area (Å²) >= 11 is 5.16. The molecule has 1 aromatic heterocycles. The second kappa shape index (κ2) is 6.12. The fourth-order valence-corrected chi connectivity index (χ4v) is 3.64. The molecule has 0 spiro atoms. The van der Waals surface area contributed by atoms with Crippen molar-refractivity contribution in [1.29, 1.82) is 0 Å². The quantitative estimate of drug-likeness (QED) is 0.825. The van der Waals surface area contributed by atoms with E-state index in [1.807, 2.05) is 7.05 Å². The molecule has 2 rings (SSSR count). The summed E-state index contributed by atoms with van der Waals surface area (Å²) in [5, 5.41) is 2.14. The van der Waals surface area contributed by atoms with Crippen LogP contribution in [0.25, 0.3) is 0 Å². The number of nitrogens with zero attached hydrogens (tertiary/aromatic N) is 1. The van der Waals surface area contributed by atoms with Gasteiger partial charge in [-0.15, -0.1) is 11.3 Å². The Labute approximate surface area is 115 Å². The molecule has 1 aliphatic rings. The molecule has 0 aromatic carbocycles. The predicted octanol–water partition coefficient (Wildman–Crippen LogP) is 3.70. The standard InChI is InChI=1S/C13H18BrNOS/c1-15(7-10-6-13(14)17-9-10)8-12(16)11-4-2-3-5-11/h6,9,11H,2-5,7-8H2,1H3. The minimum absolute atomic E-state index is 0.340. The van der Waals surface area contributed by atoms with Crippen LogP contribution in [0.1, 0.15) is 31.2 Å². The van der Waals surface area contributed by atoms with E-state index in [4.69, 9.17) is 0 Å². The van der Waals surface area contributed by atoms with Crippen LogP contribution in [-0.2, 0) is 11.3 Å². The number of Topliss-reactive ketones (excluding diaryl/α,β-unsaturated/α-hetero) is 1. The van der Waals surface area contributed by atoms with Gasteiger partial charge in [-0.25, -0.2) is 0 Å². The lowest BCUT2D eigenvalue weighted by Crippen LogP contribution is -2.29. The Morgan fingerprint density at radius 3 is 2.82 bits per heavy atom. The molecule has 0 saturated heterocycles. The van der Waals surface area contributed by atoms with E-state index in [9.17, 15) is 4.79 Å². The van der Waals surface area contributed by atoms with E-state index in [0.29, 0.717) is 18.2 Å². The lowest BCUT2D eigenvalue weighted by atomic mass is 10.0. The number of ketones is 1. The zero-order valence-electron chi connectivity index (χ0n) is 10.1. The van der Waals surface area contributed by atoms with Gasteiger partial charge in [-0.05, 0) is 52.8 Å². The average Bonchev–Trinajstić information content (AvgIpc) is 2.89. The van der Waals surface area contributed by atoms with Crippen LogP contribution in [0.3, 0.4) is 0 Å². The summed E-state index contributed by atoms with van der Waals surface area (Å²) in [6.07, 6.45) is 4.68. The van der Waals surface area contributed by atoms with Gasteiger partial charge in [0.15, 0.2) is 0 Å². The van der Waals surface area contributed by atoms with Crippen molar-refractivity contribution in [1.82, 2.24) is 4.90 Å². The van der Waals surface area contributed by atoms with Crippen LogP contribution in [0.4, 0.5) is 0 Å². The Kier molecular flexibility index (Phi) is 4.77. The molecular weight excluding hydrogens is 298 g/mol. The summed E-state index contributed by atoms with van der Waals surface area (Å²) in [4.78, 5) is 14.1. The third-order valence-corrected chi connectivity index (χ3v) is 4.86. The molecular formula is C13H18BrNOS. The number of carbonyl (C=O) groups is 1. The molecule has 1 fully saturated rings. The summed E-state index contributed by atoms with van der Waals surface area (Å²) in [5.74, 6) is 0.769. The molecule has 1 aromatic rings. The molecule has 1 heterocycles. The smallest absolute Gasteiger partial charge is 0.149 e. The van der Waals surface area contributed by atoms with Crippen LogP contribution in [0.5, 0.6) is 0 Å². The molecule has 2 nitrogen and oxygen atoms in total. The Hall–Kier alpha value is -0.190. The average molecular weight is 316 g/mol. The SMILES string of the molecule is CN(CC(=O)C1CCCC1)Cc1csc(Br)c1. The molecule has 4 heteroatoms. The predicted molar refractivity (Wildman–Crippen MR) is 75.3 cm³/mol. The van der Waals surface area contributed by atoms with E-state index in [1.165, 1.54) is 18.4 Å². The second-order valence-electron chi connectivity index (χ2n) is 4.88. The lowest BCUT2D eigenvalue weighted by Gasteiger charge is -2.17. The first-order chi connectivity index (χ1) is 8.15. The Bertz CT molecular complexity index is 385. The third kappa shape index (κ3) is 3.90.